The lowest BCUT2D eigenvalue weighted by Gasteiger charge is -2.26. The third kappa shape index (κ3) is 8.42. The molecule has 0 aliphatic carbocycles. The van der Waals surface area contributed by atoms with E-state index in [9.17, 15) is 5.11 Å². The highest BCUT2D eigenvalue weighted by Crippen LogP contribution is 2.27. The smallest absolute Gasteiger partial charge is 0.191 e. The Bertz CT molecular complexity index is 814. The van der Waals surface area contributed by atoms with E-state index in [1.165, 1.54) is 0 Å². The highest BCUT2D eigenvalue weighted by molar-refractivity contribution is 14.0. The minimum absolute atomic E-state index is 0. The number of nitrogens with one attached hydrogen (secondary N) is 2. The van der Waals surface area contributed by atoms with E-state index < -0.39 is 5.60 Å². The van der Waals surface area contributed by atoms with Crippen LogP contribution in [-0.4, -0.2) is 68.4 Å². The van der Waals surface area contributed by atoms with E-state index >= 15 is 0 Å². The fourth-order valence-electron chi connectivity index (χ4n) is 3.75. The van der Waals surface area contributed by atoms with Crippen molar-refractivity contribution in [3.8, 4) is 0 Å². The standard InChI is InChI=1S/C23H36N4O4.HI/c1-18-16-21(19(2)31-18)23(3,28)17-26-22(25-9-7-20-6-4-13-30-20)24-8-5-10-27-11-14-29-15-12-27;/h4,6,13,16,28H,5,7-12,14-15,17H2,1-3H3,(H2,24,25,26);1H. The Morgan fingerprint density at radius 1 is 1.22 bits per heavy atom. The highest BCUT2D eigenvalue weighted by Gasteiger charge is 2.27. The molecule has 3 N–H and O–H groups in total. The summed E-state index contributed by atoms with van der Waals surface area (Å²) in [7, 11) is 0. The summed E-state index contributed by atoms with van der Waals surface area (Å²) in [5, 5.41) is 17.7. The van der Waals surface area contributed by atoms with E-state index in [1.807, 2.05) is 32.0 Å². The molecule has 1 saturated heterocycles. The van der Waals surface area contributed by atoms with Crippen molar-refractivity contribution >= 4 is 29.9 Å². The number of guanidine groups is 1. The largest absolute Gasteiger partial charge is 0.469 e. The number of rotatable bonds is 10. The van der Waals surface area contributed by atoms with Gasteiger partial charge in [0, 0.05) is 38.2 Å². The van der Waals surface area contributed by atoms with Gasteiger partial charge < -0.3 is 29.3 Å². The Labute approximate surface area is 207 Å². The number of furan rings is 2. The Kier molecular flexibility index (Phi) is 11.0. The molecule has 3 heterocycles. The number of aryl methyl sites for hydroxylation is 2. The van der Waals surface area contributed by atoms with E-state index in [0.717, 1.165) is 75.1 Å². The number of ether oxygens (including phenoxy) is 1. The third-order valence-electron chi connectivity index (χ3n) is 5.46. The van der Waals surface area contributed by atoms with Crippen LogP contribution in [0.2, 0.25) is 0 Å². The van der Waals surface area contributed by atoms with Crippen LogP contribution in [-0.2, 0) is 16.8 Å². The predicted molar refractivity (Wildman–Crippen MR) is 136 cm³/mol. The zero-order valence-electron chi connectivity index (χ0n) is 19.4. The normalized spacial score (nSPS) is 16.9. The van der Waals surface area contributed by atoms with Crippen LogP contribution in [0, 0.1) is 13.8 Å². The minimum atomic E-state index is -1.11. The first-order valence-corrected chi connectivity index (χ1v) is 11.1. The first kappa shape index (κ1) is 26.7. The fraction of sp³-hybridized carbons (Fsp3) is 0.609. The summed E-state index contributed by atoms with van der Waals surface area (Å²) in [6.45, 7) is 11.9. The molecule has 0 bridgehead atoms. The SMILES string of the molecule is Cc1cc(C(C)(O)CN=C(NCCCN2CCOCC2)NCCc2ccco2)c(C)o1.I. The number of morpholine rings is 1. The van der Waals surface area contributed by atoms with Gasteiger partial charge in [0.1, 0.15) is 22.9 Å². The van der Waals surface area contributed by atoms with E-state index in [0.29, 0.717) is 12.5 Å². The molecular formula is C23H37IN4O4. The van der Waals surface area contributed by atoms with E-state index in [4.69, 9.17) is 13.6 Å². The zero-order chi connectivity index (χ0) is 22.1. The van der Waals surface area contributed by atoms with Crippen molar-refractivity contribution in [1.82, 2.24) is 15.5 Å². The molecule has 0 amide bonds. The summed E-state index contributed by atoms with van der Waals surface area (Å²) in [5.41, 5.74) is -0.332. The lowest BCUT2D eigenvalue weighted by Crippen LogP contribution is -2.42. The Hall–Kier alpha value is -1.56. The molecule has 32 heavy (non-hydrogen) atoms. The number of hydrogen-bond acceptors (Lipinski definition) is 6. The number of nitrogens with zero attached hydrogens (tertiary/aromatic N) is 2. The van der Waals surface area contributed by atoms with Crippen molar-refractivity contribution in [3.63, 3.8) is 0 Å². The maximum Gasteiger partial charge on any atom is 0.191 e. The van der Waals surface area contributed by atoms with Gasteiger partial charge in [-0.05, 0) is 51.9 Å². The molecule has 1 fully saturated rings. The van der Waals surface area contributed by atoms with Crippen LogP contribution in [0.4, 0.5) is 0 Å². The molecule has 0 saturated carbocycles. The molecule has 1 aliphatic rings. The second kappa shape index (κ2) is 13.2. The molecule has 0 spiro atoms. The molecule has 8 nitrogen and oxygen atoms in total. The maximum absolute atomic E-state index is 11.0. The maximum atomic E-state index is 11.0. The number of halogens is 1. The summed E-state index contributed by atoms with van der Waals surface area (Å²) < 4.78 is 16.4. The van der Waals surface area contributed by atoms with E-state index in [1.54, 1.807) is 13.2 Å². The predicted octanol–water partition coefficient (Wildman–Crippen LogP) is 2.82. The van der Waals surface area contributed by atoms with Crippen LogP contribution in [0.5, 0.6) is 0 Å². The topological polar surface area (TPSA) is 95.4 Å². The number of aliphatic imine (C=N–C) groups is 1. The van der Waals surface area contributed by atoms with Crippen LogP contribution in [0.15, 0.2) is 38.3 Å². The lowest BCUT2D eigenvalue weighted by molar-refractivity contribution is 0.0376. The third-order valence-corrected chi connectivity index (χ3v) is 5.46. The molecule has 1 aliphatic heterocycles. The van der Waals surface area contributed by atoms with Gasteiger partial charge in [0.25, 0.3) is 0 Å². The molecule has 9 heteroatoms. The monoisotopic (exact) mass is 560 g/mol. The molecule has 1 unspecified atom stereocenters. The van der Waals surface area contributed by atoms with Crippen molar-refractivity contribution in [2.45, 2.75) is 39.2 Å². The van der Waals surface area contributed by atoms with Crippen LogP contribution in [0.1, 0.15) is 36.2 Å². The van der Waals surface area contributed by atoms with Crippen molar-refractivity contribution in [1.29, 1.82) is 0 Å². The Morgan fingerprint density at radius 2 is 1.97 bits per heavy atom. The second-order valence-electron chi connectivity index (χ2n) is 8.26. The fourth-order valence-corrected chi connectivity index (χ4v) is 3.75. The number of aliphatic hydroxyl groups is 1. The number of hydrogen-bond donors (Lipinski definition) is 3. The molecule has 1 atom stereocenters. The molecule has 0 radical (unpaired) electrons. The van der Waals surface area contributed by atoms with Gasteiger partial charge >= 0.3 is 0 Å². The molecule has 2 aromatic rings. The summed E-state index contributed by atoms with van der Waals surface area (Å²) in [6, 6.07) is 5.73. The lowest BCUT2D eigenvalue weighted by atomic mass is 9.96. The van der Waals surface area contributed by atoms with Crippen LogP contribution in [0.25, 0.3) is 0 Å². The Morgan fingerprint density at radius 3 is 2.62 bits per heavy atom. The second-order valence-corrected chi connectivity index (χ2v) is 8.26. The molecule has 180 valence electrons. The molecular weight excluding hydrogens is 523 g/mol. The summed E-state index contributed by atoms with van der Waals surface area (Å²) in [5.74, 6) is 3.13. The minimum Gasteiger partial charge on any atom is -0.469 e. The van der Waals surface area contributed by atoms with Crippen molar-refractivity contribution < 1.29 is 18.7 Å². The van der Waals surface area contributed by atoms with Crippen LogP contribution >= 0.6 is 24.0 Å². The van der Waals surface area contributed by atoms with Gasteiger partial charge in [-0.2, -0.15) is 0 Å². The average Bonchev–Trinajstić information content (AvgIpc) is 3.39. The highest BCUT2D eigenvalue weighted by atomic mass is 127. The molecule has 0 aromatic carbocycles. The van der Waals surface area contributed by atoms with Gasteiger partial charge in [-0.25, -0.2) is 4.99 Å². The summed E-state index contributed by atoms with van der Waals surface area (Å²) >= 11 is 0. The van der Waals surface area contributed by atoms with Gasteiger partial charge in [-0.15, -0.1) is 24.0 Å². The van der Waals surface area contributed by atoms with Gasteiger partial charge in [0.05, 0.1) is 26.0 Å². The quantitative estimate of drug-likeness (QED) is 0.178. The van der Waals surface area contributed by atoms with Crippen molar-refractivity contribution in [3.05, 3.63) is 47.3 Å². The van der Waals surface area contributed by atoms with E-state index in [-0.39, 0.29) is 30.5 Å². The van der Waals surface area contributed by atoms with Crippen LogP contribution < -0.4 is 10.6 Å². The first-order valence-electron chi connectivity index (χ1n) is 11.1. The van der Waals surface area contributed by atoms with Crippen molar-refractivity contribution in [2.24, 2.45) is 4.99 Å². The van der Waals surface area contributed by atoms with Gasteiger partial charge in [0.2, 0.25) is 0 Å². The van der Waals surface area contributed by atoms with E-state index in [2.05, 4.69) is 20.5 Å². The van der Waals surface area contributed by atoms with Gasteiger partial charge in [-0.3, -0.25) is 4.90 Å². The average molecular weight is 560 g/mol. The summed E-state index contributed by atoms with van der Waals surface area (Å²) in [6.07, 6.45) is 3.45. The Balaban J connectivity index is 0.00000363. The van der Waals surface area contributed by atoms with Gasteiger partial charge in [-0.1, -0.05) is 0 Å². The zero-order valence-corrected chi connectivity index (χ0v) is 21.7. The summed E-state index contributed by atoms with van der Waals surface area (Å²) in [4.78, 5) is 7.08. The van der Waals surface area contributed by atoms with Crippen LogP contribution in [0.3, 0.4) is 0 Å². The first-order chi connectivity index (χ1) is 14.9. The van der Waals surface area contributed by atoms with Gasteiger partial charge in [0.15, 0.2) is 5.96 Å². The molecule has 3 rings (SSSR count). The van der Waals surface area contributed by atoms with Crippen molar-refractivity contribution in [2.75, 3.05) is 52.5 Å². The molecule has 2 aromatic heterocycles.